The molecule has 0 fully saturated rings. The fourth-order valence-corrected chi connectivity index (χ4v) is 5.98. The van der Waals surface area contributed by atoms with Gasteiger partial charge in [0.05, 0.1) is 4.90 Å². The molecule has 1 atom stereocenters. The number of hydrogen-bond donors (Lipinski definition) is 2. The highest BCUT2D eigenvalue weighted by molar-refractivity contribution is 7.89. The number of sulfonamides is 1. The van der Waals surface area contributed by atoms with E-state index in [1.165, 1.54) is 22.7 Å². The Hall–Kier alpha value is -2.03. The van der Waals surface area contributed by atoms with Crippen molar-refractivity contribution in [2.75, 3.05) is 0 Å². The maximum absolute atomic E-state index is 12.8. The van der Waals surface area contributed by atoms with Gasteiger partial charge in [0.2, 0.25) is 10.0 Å². The van der Waals surface area contributed by atoms with E-state index in [-0.39, 0.29) is 11.4 Å². The second-order valence-electron chi connectivity index (χ2n) is 6.02. The first kappa shape index (κ1) is 18.3. The molecule has 0 aliphatic rings. The number of aliphatic hydroxyl groups is 1. The average molecular weight is 416 g/mol. The van der Waals surface area contributed by atoms with Crippen LogP contribution in [0.5, 0.6) is 0 Å². The van der Waals surface area contributed by atoms with Crippen LogP contribution in [0.15, 0.2) is 77.0 Å². The predicted octanol–water partition coefficient (Wildman–Crippen LogP) is 4.52. The summed E-state index contributed by atoms with van der Waals surface area (Å²) in [5, 5.41) is 13.9. The van der Waals surface area contributed by atoms with Crippen LogP contribution in [0.4, 0.5) is 0 Å². The summed E-state index contributed by atoms with van der Waals surface area (Å²) < 4.78 is 28.3. The number of aliphatic hydroxyl groups excluding tert-OH is 1. The van der Waals surface area contributed by atoms with Crippen molar-refractivity contribution in [1.82, 2.24) is 4.72 Å². The lowest BCUT2D eigenvalue weighted by Gasteiger charge is -2.09. The zero-order valence-electron chi connectivity index (χ0n) is 14.2. The molecule has 0 radical (unpaired) electrons. The number of benzene rings is 2. The highest BCUT2D eigenvalue weighted by Gasteiger charge is 2.18. The third kappa shape index (κ3) is 3.83. The molecule has 2 aromatic heterocycles. The van der Waals surface area contributed by atoms with Gasteiger partial charge >= 0.3 is 0 Å². The summed E-state index contributed by atoms with van der Waals surface area (Å²) in [4.78, 5) is 2.80. The second-order valence-corrected chi connectivity index (χ2v) is 9.94. The van der Waals surface area contributed by atoms with Crippen molar-refractivity contribution >= 4 is 43.5 Å². The molecule has 27 heavy (non-hydrogen) atoms. The van der Waals surface area contributed by atoms with E-state index in [4.69, 9.17) is 0 Å². The SMILES string of the molecule is O=S(=O)(NCc1ccc(C(O)c2cccs2)s1)c1cccc2ccccc12. The second kappa shape index (κ2) is 7.53. The van der Waals surface area contributed by atoms with E-state index >= 15 is 0 Å². The van der Waals surface area contributed by atoms with Gasteiger partial charge in [-0.3, -0.25) is 0 Å². The standard InChI is InChI=1S/C20H17NO3S3/c22-20(17-8-4-12-25-17)18-11-10-15(26-18)13-21-27(23,24)19-9-3-6-14-5-1-2-7-16(14)19/h1-12,20-22H,13H2. The van der Waals surface area contributed by atoms with Crippen molar-refractivity contribution in [3.63, 3.8) is 0 Å². The van der Waals surface area contributed by atoms with E-state index in [0.29, 0.717) is 5.39 Å². The summed E-state index contributed by atoms with van der Waals surface area (Å²) in [5.74, 6) is 0. The molecule has 2 aromatic carbocycles. The van der Waals surface area contributed by atoms with Gasteiger partial charge in [-0.15, -0.1) is 22.7 Å². The lowest BCUT2D eigenvalue weighted by Crippen LogP contribution is -2.23. The zero-order valence-corrected chi connectivity index (χ0v) is 16.7. The van der Waals surface area contributed by atoms with E-state index < -0.39 is 16.1 Å². The fraction of sp³-hybridized carbons (Fsp3) is 0.100. The van der Waals surface area contributed by atoms with E-state index in [1.54, 1.807) is 12.1 Å². The number of nitrogens with one attached hydrogen (secondary N) is 1. The molecule has 0 saturated heterocycles. The molecule has 0 amide bonds. The summed E-state index contributed by atoms with van der Waals surface area (Å²) in [6.07, 6.45) is -0.668. The zero-order chi connectivity index (χ0) is 18.9. The Morgan fingerprint density at radius 3 is 2.56 bits per heavy atom. The lowest BCUT2D eigenvalue weighted by atomic mass is 10.1. The molecule has 138 valence electrons. The van der Waals surface area contributed by atoms with Crippen LogP contribution in [0, 0.1) is 0 Å². The number of rotatable bonds is 6. The summed E-state index contributed by atoms with van der Waals surface area (Å²) in [7, 11) is -3.64. The molecule has 7 heteroatoms. The maximum Gasteiger partial charge on any atom is 0.241 e. The van der Waals surface area contributed by atoms with E-state index in [2.05, 4.69) is 4.72 Å². The monoisotopic (exact) mass is 415 g/mol. The fourth-order valence-electron chi connectivity index (χ4n) is 2.90. The van der Waals surface area contributed by atoms with Crippen molar-refractivity contribution in [3.05, 3.63) is 86.7 Å². The van der Waals surface area contributed by atoms with Crippen molar-refractivity contribution in [3.8, 4) is 0 Å². The third-order valence-electron chi connectivity index (χ3n) is 4.24. The molecule has 4 rings (SSSR count). The molecule has 1 unspecified atom stereocenters. The van der Waals surface area contributed by atoms with Crippen LogP contribution in [0.25, 0.3) is 10.8 Å². The predicted molar refractivity (Wildman–Crippen MR) is 111 cm³/mol. The normalized spacial score (nSPS) is 13.1. The molecule has 2 N–H and O–H groups in total. The lowest BCUT2D eigenvalue weighted by molar-refractivity contribution is 0.228. The minimum atomic E-state index is -3.64. The van der Waals surface area contributed by atoms with Crippen LogP contribution >= 0.6 is 22.7 Å². The highest BCUT2D eigenvalue weighted by atomic mass is 32.2. The van der Waals surface area contributed by atoms with Crippen LogP contribution in [0.1, 0.15) is 20.7 Å². The van der Waals surface area contributed by atoms with Gasteiger partial charge in [0.15, 0.2) is 0 Å². The Labute approximate surface area is 165 Å². The molecule has 0 aliphatic heterocycles. The van der Waals surface area contributed by atoms with Gasteiger partial charge in [-0.05, 0) is 35.0 Å². The molecular weight excluding hydrogens is 398 g/mol. The number of fused-ring (bicyclic) bond motifs is 1. The average Bonchev–Trinajstić information content (AvgIpc) is 3.37. The topological polar surface area (TPSA) is 66.4 Å². The Balaban J connectivity index is 1.53. The largest absolute Gasteiger partial charge is 0.382 e. The summed E-state index contributed by atoms with van der Waals surface area (Å²) in [6.45, 7) is 0.188. The Morgan fingerprint density at radius 2 is 1.74 bits per heavy atom. The molecule has 4 nitrogen and oxygen atoms in total. The van der Waals surface area contributed by atoms with Gasteiger partial charge in [0.1, 0.15) is 6.10 Å². The van der Waals surface area contributed by atoms with Gasteiger partial charge in [-0.1, -0.05) is 42.5 Å². The Morgan fingerprint density at radius 1 is 0.926 bits per heavy atom. The van der Waals surface area contributed by atoms with Crippen molar-refractivity contribution < 1.29 is 13.5 Å². The molecule has 0 bridgehead atoms. The number of thiophene rings is 2. The van der Waals surface area contributed by atoms with Crippen LogP contribution in [0.3, 0.4) is 0 Å². The van der Waals surface area contributed by atoms with Crippen molar-refractivity contribution in [2.24, 2.45) is 0 Å². The van der Waals surface area contributed by atoms with Crippen LogP contribution < -0.4 is 4.72 Å². The van der Waals surface area contributed by atoms with Crippen molar-refractivity contribution in [1.29, 1.82) is 0 Å². The van der Waals surface area contributed by atoms with Crippen LogP contribution in [-0.4, -0.2) is 13.5 Å². The van der Waals surface area contributed by atoms with E-state index in [0.717, 1.165) is 20.0 Å². The molecular formula is C20H17NO3S3. The van der Waals surface area contributed by atoms with Gasteiger partial charge < -0.3 is 5.11 Å². The minimum Gasteiger partial charge on any atom is -0.382 e. The molecule has 2 heterocycles. The van der Waals surface area contributed by atoms with E-state index in [9.17, 15) is 13.5 Å². The minimum absolute atomic E-state index is 0.188. The summed E-state index contributed by atoms with van der Waals surface area (Å²) >= 11 is 2.90. The van der Waals surface area contributed by atoms with Crippen molar-refractivity contribution in [2.45, 2.75) is 17.5 Å². The highest BCUT2D eigenvalue weighted by Crippen LogP contribution is 2.31. The molecule has 0 saturated carbocycles. The van der Waals surface area contributed by atoms with Gasteiger partial charge in [-0.2, -0.15) is 0 Å². The third-order valence-corrected chi connectivity index (χ3v) is 7.76. The first-order valence-corrected chi connectivity index (χ1v) is 11.5. The molecule has 4 aromatic rings. The van der Waals surface area contributed by atoms with Gasteiger partial charge in [0.25, 0.3) is 0 Å². The summed E-state index contributed by atoms with van der Waals surface area (Å²) in [5.41, 5.74) is 0. The summed E-state index contributed by atoms with van der Waals surface area (Å²) in [6, 6.07) is 20.2. The molecule has 0 spiro atoms. The molecule has 0 aliphatic carbocycles. The number of hydrogen-bond acceptors (Lipinski definition) is 5. The first-order chi connectivity index (χ1) is 13.0. The van der Waals surface area contributed by atoms with Gasteiger partial charge in [0, 0.05) is 26.6 Å². The van der Waals surface area contributed by atoms with Crippen LogP contribution in [0.2, 0.25) is 0 Å². The maximum atomic E-state index is 12.8. The first-order valence-electron chi connectivity index (χ1n) is 8.32. The smallest absolute Gasteiger partial charge is 0.241 e. The van der Waals surface area contributed by atoms with E-state index in [1.807, 2.05) is 60.0 Å². The van der Waals surface area contributed by atoms with Crippen LogP contribution in [-0.2, 0) is 16.6 Å². The Bertz CT molecular complexity index is 1160. The Kier molecular flexibility index (Phi) is 5.12. The quantitative estimate of drug-likeness (QED) is 0.486. The van der Waals surface area contributed by atoms with Gasteiger partial charge in [-0.25, -0.2) is 13.1 Å².